The van der Waals surface area contributed by atoms with Crippen LogP contribution in [0.5, 0.6) is 17.2 Å². The Bertz CT molecular complexity index is 723. The average molecular weight is 370 g/mol. The van der Waals surface area contributed by atoms with Crippen LogP contribution in [0.2, 0.25) is 0 Å². The SMILES string of the molecule is CCCOc1ccc(OCC(=O)N2CCN(c3ccc(O)cc3)CC2)cc1. The number of aromatic hydroxyl groups is 1. The lowest BCUT2D eigenvalue weighted by Crippen LogP contribution is -2.50. The third-order valence-corrected chi connectivity index (χ3v) is 4.51. The molecule has 0 atom stereocenters. The van der Waals surface area contributed by atoms with Gasteiger partial charge in [-0.15, -0.1) is 0 Å². The Hall–Kier alpha value is -2.89. The molecule has 0 aliphatic carbocycles. The molecule has 6 nitrogen and oxygen atoms in total. The zero-order chi connectivity index (χ0) is 19.1. The minimum atomic E-state index is -0.00772. The number of carbonyl (C=O) groups excluding carboxylic acids is 1. The highest BCUT2D eigenvalue weighted by Crippen LogP contribution is 2.20. The number of ether oxygens (including phenoxy) is 2. The molecule has 0 radical (unpaired) electrons. The Morgan fingerprint density at radius 2 is 1.52 bits per heavy atom. The molecule has 6 heteroatoms. The molecule has 1 aliphatic rings. The second-order valence-corrected chi connectivity index (χ2v) is 6.49. The lowest BCUT2D eigenvalue weighted by atomic mass is 10.2. The van der Waals surface area contributed by atoms with Crippen LogP contribution in [0.3, 0.4) is 0 Å². The van der Waals surface area contributed by atoms with E-state index in [4.69, 9.17) is 9.47 Å². The van der Waals surface area contributed by atoms with E-state index in [2.05, 4.69) is 11.8 Å². The topological polar surface area (TPSA) is 62.2 Å². The standard InChI is InChI=1S/C21H26N2O4/c1-2-15-26-19-7-9-20(10-8-19)27-16-21(25)23-13-11-22(12-14-23)17-3-5-18(24)6-4-17/h3-10,24H,2,11-16H2,1H3. The van der Waals surface area contributed by atoms with Crippen LogP contribution in [-0.2, 0) is 4.79 Å². The average Bonchev–Trinajstić information content (AvgIpc) is 2.72. The normalized spacial score (nSPS) is 14.1. The zero-order valence-corrected chi connectivity index (χ0v) is 15.6. The van der Waals surface area contributed by atoms with Gasteiger partial charge in [0.1, 0.15) is 17.2 Å². The second-order valence-electron chi connectivity index (χ2n) is 6.49. The van der Waals surface area contributed by atoms with Gasteiger partial charge in [-0.25, -0.2) is 0 Å². The van der Waals surface area contributed by atoms with E-state index in [0.717, 1.165) is 30.9 Å². The summed E-state index contributed by atoms with van der Waals surface area (Å²) in [5.41, 5.74) is 1.06. The van der Waals surface area contributed by atoms with Crippen LogP contribution in [0.25, 0.3) is 0 Å². The van der Waals surface area contributed by atoms with Gasteiger partial charge in [0.2, 0.25) is 0 Å². The van der Waals surface area contributed by atoms with Gasteiger partial charge in [-0.1, -0.05) is 6.92 Å². The molecule has 0 saturated carbocycles. The van der Waals surface area contributed by atoms with Gasteiger partial charge in [0.05, 0.1) is 6.61 Å². The number of benzene rings is 2. The smallest absolute Gasteiger partial charge is 0.260 e. The molecule has 2 aromatic rings. The maximum absolute atomic E-state index is 12.4. The van der Waals surface area contributed by atoms with Gasteiger partial charge < -0.3 is 24.4 Å². The fourth-order valence-electron chi connectivity index (χ4n) is 2.97. The van der Waals surface area contributed by atoms with Gasteiger partial charge in [0.25, 0.3) is 5.91 Å². The van der Waals surface area contributed by atoms with Crippen LogP contribution in [0.1, 0.15) is 13.3 Å². The van der Waals surface area contributed by atoms with Gasteiger partial charge in [0.15, 0.2) is 6.61 Å². The first kappa shape index (κ1) is 18.9. The molecule has 0 spiro atoms. The summed E-state index contributed by atoms with van der Waals surface area (Å²) in [6.45, 7) is 5.64. The fourth-order valence-corrected chi connectivity index (χ4v) is 2.97. The highest BCUT2D eigenvalue weighted by Gasteiger charge is 2.21. The van der Waals surface area contributed by atoms with Crippen molar-refractivity contribution in [3.63, 3.8) is 0 Å². The minimum Gasteiger partial charge on any atom is -0.508 e. The van der Waals surface area contributed by atoms with Gasteiger partial charge in [-0.05, 0) is 55.0 Å². The van der Waals surface area contributed by atoms with Crippen molar-refractivity contribution in [1.82, 2.24) is 4.90 Å². The third-order valence-electron chi connectivity index (χ3n) is 4.51. The quantitative estimate of drug-likeness (QED) is 0.812. The van der Waals surface area contributed by atoms with Crippen molar-refractivity contribution in [2.45, 2.75) is 13.3 Å². The number of carbonyl (C=O) groups is 1. The minimum absolute atomic E-state index is 0.00772. The molecule has 0 aromatic heterocycles. The van der Waals surface area contributed by atoms with Crippen LogP contribution in [0, 0.1) is 0 Å². The third kappa shape index (κ3) is 5.29. The number of piperazine rings is 1. The molecule has 1 fully saturated rings. The van der Waals surface area contributed by atoms with Gasteiger partial charge in [-0.3, -0.25) is 4.79 Å². The predicted molar refractivity (Wildman–Crippen MR) is 105 cm³/mol. The predicted octanol–water partition coefficient (Wildman–Crippen LogP) is 2.91. The highest BCUT2D eigenvalue weighted by atomic mass is 16.5. The van der Waals surface area contributed by atoms with Crippen LogP contribution in [-0.4, -0.2) is 55.3 Å². The van der Waals surface area contributed by atoms with Crippen molar-refractivity contribution in [2.24, 2.45) is 0 Å². The molecule has 3 rings (SSSR count). The van der Waals surface area contributed by atoms with Crippen LogP contribution < -0.4 is 14.4 Å². The van der Waals surface area contributed by atoms with Crippen molar-refractivity contribution in [2.75, 3.05) is 44.3 Å². The zero-order valence-electron chi connectivity index (χ0n) is 15.6. The van der Waals surface area contributed by atoms with E-state index in [0.29, 0.717) is 25.4 Å². The van der Waals surface area contributed by atoms with Crippen LogP contribution in [0.4, 0.5) is 5.69 Å². The van der Waals surface area contributed by atoms with Crippen molar-refractivity contribution in [3.05, 3.63) is 48.5 Å². The van der Waals surface area contributed by atoms with Crippen LogP contribution >= 0.6 is 0 Å². The van der Waals surface area contributed by atoms with E-state index in [9.17, 15) is 9.90 Å². The van der Waals surface area contributed by atoms with E-state index in [1.54, 1.807) is 12.1 Å². The number of nitrogens with zero attached hydrogens (tertiary/aromatic N) is 2. The second kappa shape index (κ2) is 9.16. The maximum Gasteiger partial charge on any atom is 0.260 e. The van der Waals surface area contributed by atoms with Gasteiger partial charge >= 0.3 is 0 Å². The summed E-state index contributed by atoms with van der Waals surface area (Å²) in [4.78, 5) is 16.4. The molecule has 1 amide bonds. The number of hydrogen-bond donors (Lipinski definition) is 1. The van der Waals surface area contributed by atoms with Crippen molar-refractivity contribution in [1.29, 1.82) is 0 Å². The summed E-state index contributed by atoms with van der Waals surface area (Å²) >= 11 is 0. The monoisotopic (exact) mass is 370 g/mol. The van der Waals surface area contributed by atoms with E-state index < -0.39 is 0 Å². The fraction of sp³-hybridized carbons (Fsp3) is 0.381. The summed E-state index contributed by atoms with van der Waals surface area (Å²) in [6, 6.07) is 14.5. The first-order chi connectivity index (χ1) is 13.2. The van der Waals surface area contributed by atoms with Gasteiger partial charge in [0, 0.05) is 31.9 Å². The molecule has 27 heavy (non-hydrogen) atoms. The number of hydrogen-bond acceptors (Lipinski definition) is 5. The Balaban J connectivity index is 1.43. The molecule has 1 N–H and O–H groups in total. The maximum atomic E-state index is 12.4. The van der Waals surface area contributed by atoms with E-state index in [1.165, 1.54) is 0 Å². The number of phenols is 1. The van der Waals surface area contributed by atoms with Crippen molar-refractivity contribution < 1.29 is 19.4 Å². The summed E-state index contributed by atoms with van der Waals surface area (Å²) in [6.07, 6.45) is 0.965. The van der Waals surface area contributed by atoms with E-state index >= 15 is 0 Å². The lowest BCUT2D eigenvalue weighted by molar-refractivity contribution is -0.133. The Kier molecular flexibility index (Phi) is 6.41. The highest BCUT2D eigenvalue weighted by molar-refractivity contribution is 5.78. The summed E-state index contributed by atoms with van der Waals surface area (Å²) in [7, 11) is 0. The Morgan fingerprint density at radius 3 is 2.11 bits per heavy atom. The molecular formula is C21H26N2O4. The van der Waals surface area contributed by atoms with Crippen LogP contribution in [0.15, 0.2) is 48.5 Å². The first-order valence-electron chi connectivity index (χ1n) is 9.33. The Morgan fingerprint density at radius 1 is 0.926 bits per heavy atom. The largest absolute Gasteiger partial charge is 0.508 e. The van der Waals surface area contributed by atoms with Crippen molar-refractivity contribution >= 4 is 11.6 Å². The summed E-state index contributed by atoms with van der Waals surface area (Å²) in [5, 5.41) is 9.38. The molecule has 144 valence electrons. The number of anilines is 1. The van der Waals surface area contributed by atoms with E-state index in [1.807, 2.05) is 41.3 Å². The number of phenolic OH excluding ortho intramolecular Hbond substituents is 1. The van der Waals surface area contributed by atoms with Gasteiger partial charge in [-0.2, -0.15) is 0 Å². The number of rotatable bonds is 7. The molecule has 2 aromatic carbocycles. The van der Waals surface area contributed by atoms with E-state index in [-0.39, 0.29) is 18.3 Å². The first-order valence-corrected chi connectivity index (χ1v) is 9.33. The summed E-state index contributed by atoms with van der Waals surface area (Å²) < 4.78 is 11.2. The van der Waals surface area contributed by atoms with Crippen molar-refractivity contribution in [3.8, 4) is 17.2 Å². The lowest BCUT2D eigenvalue weighted by Gasteiger charge is -2.36. The molecule has 1 aliphatic heterocycles. The molecular weight excluding hydrogens is 344 g/mol. The number of amides is 1. The molecule has 0 bridgehead atoms. The Labute approximate surface area is 159 Å². The molecule has 0 unspecified atom stereocenters. The molecule has 1 saturated heterocycles. The molecule has 1 heterocycles. The summed E-state index contributed by atoms with van der Waals surface area (Å²) in [5.74, 6) is 1.72.